The summed E-state index contributed by atoms with van der Waals surface area (Å²) >= 11 is 0. The van der Waals surface area contributed by atoms with Gasteiger partial charge in [0.2, 0.25) is 5.82 Å². The third kappa shape index (κ3) is 4.03. The van der Waals surface area contributed by atoms with Crippen LogP contribution in [-0.4, -0.2) is 80.2 Å². The molecule has 3 heterocycles. The topological polar surface area (TPSA) is 131 Å². The van der Waals surface area contributed by atoms with Crippen molar-refractivity contribution in [3.63, 3.8) is 0 Å². The van der Waals surface area contributed by atoms with Crippen LogP contribution in [0.3, 0.4) is 0 Å². The van der Waals surface area contributed by atoms with Crippen LogP contribution in [-0.2, 0) is 19.3 Å². The first-order valence-electron chi connectivity index (χ1n) is 9.50. The van der Waals surface area contributed by atoms with E-state index < -0.39 is 26.6 Å². The number of morpholine rings is 1. The second-order valence-corrected chi connectivity index (χ2v) is 10.7. The minimum atomic E-state index is -3.59. The molecule has 2 aliphatic rings. The van der Waals surface area contributed by atoms with Crippen LogP contribution >= 0.6 is 0 Å². The number of aromatic nitrogens is 2. The number of sulfone groups is 1. The van der Waals surface area contributed by atoms with Gasteiger partial charge in [-0.05, 0) is 27.7 Å². The molecule has 2 N–H and O–H groups in total. The van der Waals surface area contributed by atoms with E-state index in [-0.39, 0.29) is 35.9 Å². The zero-order chi connectivity index (χ0) is 21.6. The number of aliphatic hydroxyl groups is 1. The zero-order valence-electron chi connectivity index (χ0n) is 17.3. The summed E-state index contributed by atoms with van der Waals surface area (Å²) in [6.45, 7) is 7.83. The molecule has 0 bridgehead atoms. The lowest BCUT2D eigenvalue weighted by atomic mass is 10.0. The molecule has 0 spiro atoms. The molecule has 0 aromatic carbocycles. The molecule has 11 heteroatoms. The fourth-order valence-electron chi connectivity index (χ4n) is 3.34. The first-order valence-corrected chi connectivity index (χ1v) is 11.4. The third-order valence-corrected chi connectivity index (χ3v) is 7.36. The molecule has 1 saturated heterocycles. The van der Waals surface area contributed by atoms with E-state index in [0.717, 1.165) is 6.26 Å². The fourth-order valence-corrected chi connectivity index (χ4v) is 3.83. The summed E-state index contributed by atoms with van der Waals surface area (Å²) in [5.74, 6) is -0.0974. The highest BCUT2D eigenvalue weighted by molar-refractivity contribution is 7.91. The van der Waals surface area contributed by atoms with E-state index in [4.69, 9.17) is 9.47 Å². The van der Waals surface area contributed by atoms with Crippen molar-refractivity contribution in [1.82, 2.24) is 15.3 Å². The molecule has 0 aliphatic carbocycles. The molecule has 29 heavy (non-hydrogen) atoms. The average molecular weight is 429 g/mol. The standard InChI is InChI=1S/C18H28N4O6S/c1-10-7-27-8-12-9-28-13-14(18(3,4)29(5,25)26)20-15(21-16(13)22(10)12)17(24)19-6-11(2)23/h10-12,23H,6-9H2,1-5H3,(H,19,24)/t10-,11+,12?/m1/s1. The maximum Gasteiger partial charge on any atom is 0.289 e. The first-order chi connectivity index (χ1) is 13.4. The lowest BCUT2D eigenvalue weighted by Gasteiger charge is -2.45. The first kappa shape index (κ1) is 21.7. The number of rotatable bonds is 5. The van der Waals surface area contributed by atoms with Crippen molar-refractivity contribution in [2.24, 2.45) is 0 Å². The number of aliphatic hydroxyl groups excluding tert-OH is 1. The van der Waals surface area contributed by atoms with E-state index in [9.17, 15) is 18.3 Å². The van der Waals surface area contributed by atoms with Crippen LogP contribution in [0.2, 0.25) is 0 Å². The van der Waals surface area contributed by atoms with Crippen molar-refractivity contribution < 1.29 is 27.8 Å². The summed E-state index contributed by atoms with van der Waals surface area (Å²) in [5.41, 5.74) is 0.143. The molecule has 3 atom stereocenters. The summed E-state index contributed by atoms with van der Waals surface area (Å²) in [6.07, 6.45) is 0.382. The van der Waals surface area contributed by atoms with Gasteiger partial charge in [0.05, 0.1) is 31.4 Å². The minimum absolute atomic E-state index is 0.0250. The summed E-state index contributed by atoms with van der Waals surface area (Å²) in [5, 5.41) is 12.0. The van der Waals surface area contributed by atoms with E-state index in [1.165, 1.54) is 13.8 Å². The van der Waals surface area contributed by atoms with Crippen LogP contribution in [0.4, 0.5) is 5.82 Å². The molecule has 10 nitrogen and oxygen atoms in total. The van der Waals surface area contributed by atoms with Gasteiger partial charge in [0.25, 0.3) is 5.91 Å². The summed E-state index contributed by atoms with van der Waals surface area (Å²) in [4.78, 5) is 23.4. The molecule has 0 saturated carbocycles. The Balaban J connectivity index is 2.17. The van der Waals surface area contributed by atoms with E-state index >= 15 is 0 Å². The van der Waals surface area contributed by atoms with Crippen molar-refractivity contribution in [3.8, 4) is 5.75 Å². The zero-order valence-corrected chi connectivity index (χ0v) is 18.1. The second kappa shape index (κ2) is 7.69. The quantitative estimate of drug-likeness (QED) is 0.657. The number of nitrogens with one attached hydrogen (secondary N) is 1. The van der Waals surface area contributed by atoms with Crippen molar-refractivity contribution in [3.05, 3.63) is 11.5 Å². The molecule has 1 fully saturated rings. The van der Waals surface area contributed by atoms with Crippen LogP contribution in [0, 0.1) is 0 Å². The predicted octanol–water partition coefficient (Wildman–Crippen LogP) is -0.147. The van der Waals surface area contributed by atoms with Crippen LogP contribution < -0.4 is 15.0 Å². The van der Waals surface area contributed by atoms with Gasteiger partial charge in [0.1, 0.15) is 17.0 Å². The van der Waals surface area contributed by atoms with Gasteiger partial charge in [0, 0.05) is 12.8 Å². The van der Waals surface area contributed by atoms with Gasteiger partial charge in [-0.2, -0.15) is 0 Å². The van der Waals surface area contributed by atoms with Crippen LogP contribution in [0.1, 0.15) is 44.0 Å². The summed E-state index contributed by atoms with van der Waals surface area (Å²) in [7, 11) is -3.59. The molecule has 1 aromatic rings. The number of carbonyl (C=O) groups excluding carboxylic acids is 1. The Morgan fingerprint density at radius 2 is 2.03 bits per heavy atom. The Hall–Kier alpha value is -1.98. The van der Waals surface area contributed by atoms with Crippen molar-refractivity contribution in [2.75, 3.05) is 37.5 Å². The number of hydrogen-bond donors (Lipinski definition) is 2. The number of ether oxygens (including phenoxy) is 2. The summed E-state index contributed by atoms with van der Waals surface area (Å²) in [6, 6.07) is -0.127. The van der Waals surface area contributed by atoms with Gasteiger partial charge >= 0.3 is 0 Å². The Morgan fingerprint density at radius 3 is 2.66 bits per heavy atom. The normalized spacial score (nSPS) is 22.9. The number of nitrogens with zero attached hydrogens (tertiary/aromatic N) is 3. The molecule has 2 aliphatic heterocycles. The Bertz CT molecular complexity index is 902. The van der Waals surface area contributed by atoms with Gasteiger partial charge in [-0.3, -0.25) is 4.79 Å². The van der Waals surface area contributed by atoms with E-state index in [0.29, 0.717) is 25.6 Å². The molecule has 1 amide bonds. The SMILES string of the molecule is C[C@H](O)CNC(=O)c1nc2c(c(C(C)(C)S(C)(=O)=O)n1)OCC1COC[C@@H](C)N21. The Labute approximate surface area is 170 Å². The van der Waals surface area contributed by atoms with Crippen LogP contribution in [0.5, 0.6) is 5.75 Å². The maximum atomic E-state index is 12.6. The smallest absolute Gasteiger partial charge is 0.289 e. The highest BCUT2D eigenvalue weighted by Crippen LogP contribution is 2.43. The largest absolute Gasteiger partial charge is 0.486 e. The van der Waals surface area contributed by atoms with Gasteiger partial charge < -0.3 is 24.8 Å². The minimum Gasteiger partial charge on any atom is -0.486 e. The molecule has 0 radical (unpaired) electrons. The lowest BCUT2D eigenvalue weighted by Crippen LogP contribution is -2.56. The molecule has 162 valence electrons. The number of carbonyl (C=O) groups is 1. The number of amides is 1. The molecular formula is C18H28N4O6S. The van der Waals surface area contributed by atoms with Crippen LogP contribution in [0.15, 0.2) is 0 Å². The average Bonchev–Trinajstić information content (AvgIpc) is 2.63. The Kier molecular flexibility index (Phi) is 5.76. The third-order valence-electron chi connectivity index (χ3n) is 5.31. The molecular weight excluding hydrogens is 400 g/mol. The highest BCUT2D eigenvalue weighted by atomic mass is 32.2. The fraction of sp³-hybridized carbons (Fsp3) is 0.722. The van der Waals surface area contributed by atoms with Gasteiger partial charge in [0.15, 0.2) is 21.4 Å². The monoisotopic (exact) mass is 428 g/mol. The van der Waals surface area contributed by atoms with Gasteiger partial charge in [-0.25, -0.2) is 18.4 Å². The highest BCUT2D eigenvalue weighted by Gasteiger charge is 2.44. The van der Waals surface area contributed by atoms with Crippen molar-refractivity contribution in [1.29, 1.82) is 0 Å². The molecule has 1 unspecified atom stereocenters. The molecule has 3 rings (SSSR count). The van der Waals surface area contributed by atoms with Crippen molar-refractivity contribution >= 4 is 21.6 Å². The lowest BCUT2D eigenvalue weighted by molar-refractivity contribution is 0.0481. The van der Waals surface area contributed by atoms with E-state index in [1.54, 1.807) is 6.92 Å². The maximum absolute atomic E-state index is 12.6. The predicted molar refractivity (Wildman–Crippen MR) is 106 cm³/mol. The van der Waals surface area contributed by atoms with E-state index in [1.807, 2.05) is 11.8 Å². The molecule has 1 aromatic heterocycles. The number of anilines is 1. The number of hydrogen-bond acceptors (Lipinski definition) is 9. The van der Waals surface area contributed by atoms with Crippen LogP contribution in [0.25, 0.3) is 0 Å². The number of fused-ring (bicyclic) bond motifs is 3. The van der Waals surface area contributed by atoms with E-state index in [2.05, 4.69) is 15.3 Å². The second-order valence-electron chi connectivity index (χ2n) is 8.15. The Morgan fingerprint density at radius 1 is 1.34 bits per heavy atom. The summed E-state index contributed by atoms with van der Waals surface area (Å²) < 4.78 is 35.1. The van der Waals surface area contributed by atoms with Crippen molar-refractivity contribution in [2.45, 2.75) is 50.6 Å². The van der Waals surface area contributed by atoms with Gasteiger partial charge in [-0.15, -0.1) is 0 Å². The van der Waals surface area contributed by atoms with Gasteiger partial charge in [-0.1, -0.05) is 0 Å².